The highest BCUT2D eigenvalue weighted by atomic mass is 32.2. The lowest BCUT2D eigenvalue weighted by Gasteiger charge is -2.11. The molecule has 0 radical (unpaired) electrons. The van der Waals surface area contributed by atoms with Crippen molar-refractivity contribution in [2.24, 2.45) is 5.73 Å². The van der Waals surface area contributed by atoms with Crippen molar-refractivity contribution >= 4 is 22.0 Å². The van der Waals surface area contributed by atoms with Gasteiger partial charge in [0, 0.05) is 0 Å². The van der Waals surface area contributed by atoms with E-state index in [0.717, 1.165) is 12.8 Å². The smallest absolute Gasteiger partial charge is 0.327 e. The van der Waals surface area contributed by atoms with E-state index in [-0.39, 0.29) is 6.61 Å². The Labute approximate surface area is 100 Å². The van der Waals surface area contributed by atoms with Crippen LogP contribution in [0.1, 0.15) is 32.6 Å². The number of carbonyl (C=O) groups excluding carboxylic acids is 2. The van der Waals surface area contributed by atoms with Gasteiger partial charge >= 0.3 is 5.97 Å². The van der Waals surface area contributed by atoms with Crippen LogP contribution in [0, 0.1) is 0 Å². The van der Waals surface area contributed by atoms with Crippen LogP contribution in [-0.4, -0.2) is 36.7 Å². The molecule has 0 aliphatic heterocycles. The number of unbranched alkanes of at least 4 members (excludes halogenated alkanes) is 2. The fraction of sp³-hybridized carbons (Fsp3) is 0.778. The van der Waals surface area contributed by atoms with E-state index in [0.29, 0.717) is 6.42 Å². The van der Waals surface area contributed by atoms with Gasteiger partial charge in [0.05, 0.1) is 13.0 Å². The third-order valence-electron chi connectivity index (χ3n) is 2.00. The average Bonchev–Trinajstić information content (AvgIpc) is 2.19. The molecule has 0 heterocycles. The normalized spacial score (nSPS) is 13.1. The molecule has 0 aromatic rings. The van der Waals surface area contributed by atoms with Crippen molar-refractivity contribution in [1.29, 1.82) is 0 Å². The third-order valence-corrected chi connectivity index (χ3v) is 3.08. The maximum Gasteiger partial charge on any atom is 0.327 e. The zero-order chi connectivity index (χ0) is 13.5. The van der Waals surface area contributed by atoms with Crippen LogP contribution in [0.5, 0.6) is 0 Å². The molecule has 8 heteroatoms. The van der Waals surface area contributed by atoms with Crippen LogP contribution in [0.4, 0.5) is 0 Å². The molecule has 0 bridgehead atoms. The summed E-state index contributed by atoms with van der Waals surface area (Å²) in [4.78, 5) is 21.9. The van der Waals surface area contributed by atoms with E-state index in [1.54, 1.807) is 0 Å². The van der Waals surface area contributed by atoms with Gasteiger partial charge in [0.25, 0.3) is 10.1 Å². The predicted molar refractivity (Wildman–Crippen MR) is 59.6 cm³/mol. The molecule has 0 saturated carbocycles. The van der Waals surface area contributed by atoms with Gasteiger partial charge in [0.1, 0.15) is 0 Å². The summed E-state index contributed by atoms with van der Waals surface area (Å²) in [5.74, 6) is -2.15. The van der Waals surface area contributed by atoms with Gasteiger partial charge in [-0.2, -0.15) is 8.42 Å². The molecule has 0 fully saturated rings. The minimum absolute atomic E-state index is 0.0530. The lowest BCUT2D eigenvalue weighted by Crippen LogP contribution is -2.35. The number of amides is 1. The summed E-state index contributed by atoms with van der Waals surface area (Å²) >= 11 is 0. The molecule has 0 rings (SSSR count). The SMILES string of the molecule is CCCCCOC(=O)C(CC(N)=O)S(=O)(=O)O. The van der Waals surface area contributed by atoms with E-state index < -0.39 is 33.7 Å². The first-order valence-corrected chi connectivity index (χ1v) is 6.70. The minimum atomic E-state index is -4.68. The summed E-state index contributed by atoms with van der Waals surface area (Å²) in [5.41, 5.74) is 4.78. The van der Waals surface area contributed by atoms with Gasteiger partial charge < -0.3 is 10.5 Å². The third kappa shape index (κ3) is 6.90. The largest absolute Gasteiger partial charge is 0.465 e. The molecule has 0 saturated heterocycles. The molecular weight excluding hydrogens is 250 g/mol. The molecule has 0 aromatic carbocycles. The van der Waals surface area contributed by atoms with Gasteiger partial charge in [-0.25, -0.2) is 0 Å². The van der Waals surface area contributed by atoms with Crippen LogP contribution in [0.3, 0.4) is 0 Å². The van der Waals surface area contributed by atoms with E-state index in [1.807, 2.05) is 6.92 Å². The summed E-state index contributed by atoms with van der Waals surface area (Å²) in [6.07, 6.45) is 1.56. The molecule has 0 aliphatic carbocycles. The number of ether oxygens (including phenoxy) is 1. The van der Waals surface area contributed by atoms with Crippen LogP contribution >= 0.6 is 0 Å². The molecule has 0 aliphatic rings. The van der Waals surface area contributed by atoms with Gasteiger partial charge in [0.2, 0.25) is 5.91 Å². The summed E-state index contributed by atoms with van der Waals surface area (Å²) in [5, 5.41) is -1.93. The van der Waals surface area contributed by atoms with Crippen molar-refractivity contribution in [3.63, 3.8) is 0 Å². The van der Waals surface area contributed by atoms with E-state index in [4.69, 9.17) is 10.3 Å². The Kier molecular flexibility index (Phi) is 6.74. The molecule has 1 unspecified atom stereocenters. The maximum absolute atomic E-state index is 11.3. The predicted octanol–water partition coefficient (Wildman–Crippen LogP) is -0.148. The Balaban J connectivity index is 4.40. The van der Waals surface area contributed by atoms with Gasteiger partial charge in [-0.3, -0.25) is 14.1 Å². The van der Waals surface area contributed by atoms with Crippen molar-refractivity contribution in [1.82, 2.24) is 0 Å². The molecule has 0 spiro atoms. The molecule has 0 aromatic heterocycles. The monoisotopic (exact) mass is 267 g/mol. The summed E-state index contributed by atoms with van der Waals surface area (Å²) in [6.45, 7) is 2.01. The number of hydrogen-bond donors (Lipinski definition) is 2. The van der Waals surface area contributed by atoms with E-state index in [9.17, 15) is 18.0 Å². The number of nitrogens with two attached hydrogens (primary N) is 1. The first-order chi connectivity index (χ1) is 7.79. The molecule has 1 atom stereocenters. The lowest BCUT2D eigenvalue weighted by atomic mass is 10.2. The Morgan fingerprint density at radius 3 is 2.35 bits per heavy atom. The van der Waals surface area contributed by atoms with E-state index >= 15 is 0 Å². The van der Waals surface area contributed by atoms with Crippen molar-refractivity contribution in [2.45, 2.75) is 37.9 Å². The maximum atomic E-state index is 11.3. The minimum Gasteiger partial charge on any atom is -0.465 e. The highest BCUT2D eigenvalue weighted by Crippen LogP contribution is 2.07. The molecule has 3 N–H and O–H groups in total. The Morgan fingerprint density at radius 2 is 1.94 bits per heavy atom. The van der Waals surface area contributed by atoms with Gasteiger partial charge in [-0.15, -0.1) is 0 Å². The second kappa shape index (κ2) is 7.23. The van der Waals surface area contributed by atoms with Crippen molar-refractivity contribution < 1.29 is 27.3 Å². The lowest BCUT2D eigenvalue weighted by molar-refractivity contribution is -0.144. The highest BCUT2D eigenvalue weighted by molar-refractivity contribution is 7.87. The van der Waals surface area contributed by atoms with Gasteiger partial charge in [0.15, 0.2) is 5.25 Å². The topological polar surface area (TPSA) is 124 Å². The second-order valence-electron chi connectivity index (χ2n) is 3.55. The van der Waals surface area contributed by atoms with Crippen LogP contribution in [0.25, 0.3) is 0 Å². The van der Waals surface area contributed by atoms with E-state index in [2.05, 4.69) is 4.74 Å². The van der Waals surface area contributed by atoms with Crippen molar-refractivity contribution in [2.75, 3.05) is 6.61 Å². The van der Waals surface area contributed by atoms with Crippen LogP contribution in [0.15, 0.2) is 0 Å². The zero-order valence-electron chi connectivity index (χ0n) is 9.59. The van der Waals surface area contributed by atoms with Crippen LogP contribution in [-0.2, 0) is 24.4 Å². The first-order valence-electron chi connectivity index (χ1n) is 5.20. The highest BCUT2D eigenvalue weighted by Gasteiger charge is 2.34. The number of esters is 1. The number of hydrogen-bond acceptors (Lipinski definition) is 5. The summed E-state index contributed by atoms with van der Waals surface area (Å²) in [6, 6.07) is 0. The average molecular weight is 267 g/mol. The molecule has 1 amide bonds. The Morgan fingerprint density at radius 1 is 1.35 bits per heavy atom. The fourth-order valence-corrected chi connectivity index (χ4v) is 1.80. The van der Waals surface area contributed by atoms with Crippen LogP contribution in [0.2, 0.25) is 0 Å². The second-order valence-corrected chi connectivity index (χ2v) is 5.15. The van der Waals surface area contributed by atoms with Crippen molar-refractivity contribution in [3.05, 3.63) is 0 Å². The number of carbonyl (C=O) groups is 2. The quantitative estimate of drug-likeness (QED) is 0.358. The molecular formula is C9H17NO6S. The van der Waals surface area contributed by atoms with Gasteiger partial charge in [-0.1, -0.05) is 19.8 Å². The first kappa shape index (κ1) is 15.9. The van der Waals surface area contributed by atoms with Gasteiger partial charge in [-0.05, 0) is 6.42 Å². The Hall–Kier alpha value is -1.15. The number of primary amides is 1. The number of rotatable bonds is 8. The molecule has 17 heavy (non-hydrogen) atoms. The zero-order valence-corrected chi connectivity index (χ0v) is 10.4. The molecule has 7 nitrogen and oxygen atoms in total. The van der Waals surface area contributed by atoms with Crippen molar-refractivity contribution in [3.8, 4) is 0 Å². The summed E-state index contributed by atoms with van der Waals surface area (Å²) < 4.78 is 35.1. The molecule has 100 valence electrons. The summed E-state index contributed by atoms with van der Waals surface area (Å²) in [7, 11) is -4.68. The van der Waals surface area contributed by atoms with E-state index in [1.165, 1.54) is 0 Å². The van der Waals surface area contributed by atoms with Crippen LogP contribution < -0.4 is 5.73 Å². The Bertz CT molecular complexity index is 364. The fourth-order valence-electron chi connectivity index (χ4n) is 1.11. The standard InChI is InChI=1S/C9H17NO6S/c1-2-3-4-5-16-9(12)7(6-8(10)11)17(13,14)15/h7H,2-6H2,1H3,(H2,10,11)(H,13,14,15).